The van der Waals surface area contributed by atoms with Crippen molar-refractivity contribution in [1.29, 1.82) is 0 Å². The number of aryl methyl sites for hydroxylation is 2. The number of hydrogen-bond acceptors (Lipinski definition) is 1. The molecule has 7 heterocycles. The monoisotopic (exact) mass is 1070 g/mol. The SMILES string of the molecule is c1ccc(-n2c3c(c4ccccc42)CCc2c-3n(-c3cc(-n4c5ccccc5c5ccc6c7ccccc7n(-c7ccccc7)c6c54)nc(-n4c5ccccc5c5ccc6c7ccccc7n(-c7ccccc7)c6c54)c3)c3ccccc23)cc1. The highest BCUT2D eigenvalue weighted by Crippen LogP contribution is 2.49. The number of hydrogen-bond donors (Lipinski definition) is 0. The molecule has 0 aliphatic heterocycles. The molecular formula is C77H49N7. The average molecular weight is 1070 g/mol. The number of rotatable bonds is 6. The van der Waals surface area contributed by atoms with Gasteiger partial charge >= 0.3 is 0 Å². The lowest BCUT2D eigenvalue weighted by Gasteiger charge is -2.22. The van der Waals surface area contributed by atoms with Crippen LogP contribution in [-0.2, 0) is 12.8 Å². The second-order valence-corrected chi connectivity index (χ2v) is 22.5. The molecule has 7 nitrogen and oxygen atoms in total. The van der Waals surface area contributed by atoms with Gasteiger partial charge in [0, 0.05) is 83.1 Å². The largest absolute Gasteiger partial charge is 0.307 e. The van der Waals surface area contributed by atoms with Gasteiger partial charge in [0.25, 0.3) is 0 Å². The summed E-state index contributed by atoms with van der Waals surface area (Å²) in [5.74, 6) is 1.64. The van der Waals surface area contributed by atoms with Crippen LogP contribution in [0.1, 0.15) is 11.1 Å². The fraction of sp³-hybridized carbons (Fsp3) is 0.0260. The lowest BCUT2D eigenvalue weighted by molar-refractivity contribution is 0.917. The van der Waals surface area contributed by atoms with Gasteiger partial charge in [-0.25, -0.2) is 4.98 Å². The Balaban J connectivity index is 1.02. The van der Waals surface area contributed by atoms with E-state index >= 15 is 0 Å². The fourth-order valence-electron chi connectivity index (χ4n) is 15.0. The molecule has 1 aliphatic rings. The number of pyridine rings is 1. The van der Waals surface area contributed by atoms with Gasteiger partial charge in [0.2, 0.25) is 0 Å². The van der Waals surface area contributed by atoms with Crippen molar-refractivity contribution in [2.75, 3.05) is 0 Å². The van der Waals surface area contributed by atoms with Gasteiger partial charge in [0.1, 0.15) is 11.6 Å². The van der Waals surface area contributed by atoms with Crippen molar-refractivity contribution in [2.45, 2.75) is 12.8 Å². The molecule has 7 aromatic heterocycles. The normalized spacial score (nSPS) is 12.7. The summed E-state index contributed by atoms with van der Waals surface area (Å²) in [5, 5.41) is 12.0. The Kier molecular flexibility index (Phi) is 9.32. The van der Waals surface area contributed by atoms with E-state index < -0.39 is 0 Å². The Hall–Kier alpha value is -11.2. The lowest BCUT2D eigenvalue weighted by Crippen LogP contribution is -2.11. The number of benzene rings is 11. The molecule has 7 heteroatoms. The molecule has 392 valence electrons. The zero-order valence-corrected chi connectivity index (χ0v) is 45.5. The van der Waals surface area contributed by atoms with Crippen molar-refractivity contribution in [3.05, 3.63) is 284 Å². The number of fused-ring (bicyclic) bond motifs is 21. The molecule has 0 amide bonds. The first-order chi connectivity index (χ1) is 41.7. The molecule has 0 atom stereocenters. The fourth-order valence-corrected chi connectivity index (χ4v) is 15.0. The Morgan fingerprint density at radius 2 is 0.476 bits per heavy atom. The van der Waals surface area contributed by atoms with Crippen LogP contribution in [0, 0.1) is 0 Å². The first-order valence-corrected chi connectivity index (χ1v) is 29.1. The second kappa shape index (κ2) is 17.2. The van der Waals surface area contributed by atoms with Crippen LogP contribution >= 0.6 is 0 Å². The van der Waals surface area contributed by atoms with Crippen LogP contribution in [0.15, 0.2) is 273 Å². The Morgan fingerprint density at radius 3 is 0.833 bits per heavy atom. The molecule has 84 heavy (non-hydrogen) atoms. The minimum Gasteiger partial charge on any atom is -0.307 e. The van der Waals surface area contributed by atoms with Gasteiger partial charge in [-0.15, -0.1) is 0 Å². The third-order valence-electron chi connectivity index (χ3n) is 18.3. The Bertz CT molecular complexity index is 5540. The summed E-state index contributed by atoms with van der Waals surface area (Å²) in [5.41, 5.74) is 20.9. The zero-order valence-electron chi connectivity index (χ0n) is 45.5. The minimum absolute atomic E-state index is 0.818. The second-order valence-electron chi connectivity index (χ2n) is 22.5. The quantitative estimate of drug-likeness (QED) is 0.164. The van der Waals surface area contributed by atoms with Crippen molar-refractivity contribution in [3.63, 3.8) is 0 Å². The summed E-state index contributed by atoms with van der Waals surface area (Å²) in [6.07, 6.45) is 1.84. The van der Waals surface area contributed by atoms with Crippen molar-refractivity contribution < 1.29 is 0 Å². The summed E-state index contributed by atoms with van der Waals surface area (Å²) in [4.78, 5) is 6.18. The molecule has 1 aliphatic carbocycles. The van der Waals surface area contributed by atoms with Crippen molar-refractivity contribution in [3.8, 4) is 45.8 Å². The number of nitrogens with zero attached hydrogens (tertiary/aromatic N) is 7. The maximum atomic E-state index is 6.18. The van der Waals surface area contributed by atoms with Gasteiger partial charge in [-0.1, -0.05) is 188 Å². The highest BCUT2D eigenvalue weighted by molar-refractivity contribution is 6.25. The molecule has 0 unspecified atom stereocenters. The first-order valence-electron chi connectivity index (χ1n) is 29.1. The van der Waals surface area contributed by atoms with E-state index in [9.17, 15) is 0 Å². The molecule has 11 aromatic carbocycles. The summed E-state index contributed by atoms with van der Waals surface area (Å²) >= 11 is 0. The van der Waals surface area contributed by atoms with E-state index in [4.69, 9.17) is 4.98 Å². The van der Waals surface area contributed by atoms with Crippen LogP contribution in [-0.4, -0.2) is 32.4 Å². The molecule has 0 bridgehead atoms. The van der Waals surface area contributed by atoms with E-state index in [1.54, 1.807) is 0 Å². The van der Waals surface area contributed by atoms with Gasteiger partial charge in [-0.2, -0.15) is 0 Å². The van der Waals surface area contributed by atoms with Crippen molar-refractivity contribution >= 4 is 109 Å². The van der Waals surface area contributed by atoms with Gasteiger partial charge in [-0.05, 0) is 96.8 Å². The molecule has 0 saturated heterocycles. The standard InChI is InChI=1S/C77H49N7/c1-4-22-48(23-5-1)79-64-34-16-10-28-52(64)58-40-41-59-55-31-13-19-37-67(55)82(73(59)72(58)79)51-46-70(83-68-38-20-14-32-56(68)62-44-42-60-53-29-11-17-35-65(53)80(74(60)76(62)83)49-24-6-2-7-25-49)78-71(47-51)84-69-39-21-15-33-57(69)63-45-43-61-54-30-12-18-36-66(54)81(75(61)77(63)84)50-26-8-3-9-27-50/h1-39,42-47H,40-41H2. The molecule has 0 spiro atoms. The van der Waals surface area contributed by atoms with E-state index in [1.807, 2.05) is 0 Å². The van der Waals surface area contributed by atoms with Crippen molar-refractivity contribution in [2.24, 2.45) is 0 Å². The highest BCUT2D eigenvalue weighted by Gasteiger charge is 2.33. The van der Waals surface area contributed by atoms with Gasteiger partial charge in [0.05, 0.1) is 72.2 Å². The number of para-hydroxylation sites is 9. The van der Waals surface area contributed by atoms with E-state index in [0.717, 1.165) is 96.9 Å². The van der Waals surface area contributed by atoms with E-state index in [2.05, 4.69) is 300 Å². The van der Waals surface area contributed by atoms with Crippen LogP contribution in [0.25, 0.3) is 155 Å². The molecular weight excluding hydrogens is 1020 g/mol. The maximum Gasteiger partial charge on any atom is 0.142 e. The predicted molar refractivity (Wildman–Crippen MR) is 348 cm³/mol. The van der Waals surface area contributed by atoms with Crippen LogP contribution in [0.5, 0.6) is 0 Å². The van der Waals surface area contributed by atoms with Gasteiger partial charge < -0.3 is 18.3 Å². The van der Waals surface area contributed by atoms with Crippen molar-refractivity contribution in [1.82, 2.24) is 32.4 Å². The van der Waals surface area contributed by atoms with E-state index in [0.29, 0.717) is 0 Å². The zero-order chi connectivity index (χ0) is 54.7. The maximum absolute atomic E-state index is 6.18. The van der Waals surface area contributed by atoms with Crippen LogP contribution in [0.4, 0.5) is 0 Å². The van der Waals surface area contributed by atoms with Crippen LogP contribution in [0.3, 0.4) is 0 Å². The highest BCUT2D eigenvalue weighted by atomic mass is 15.2. The van der Waals surface area contributed by atoms with E-state index in [1.165, 1.54) is 81.9 Å². The third kappa shape index (κ3) is 6.11. The average Bonchev–Trinajstić information content (AvgIpc) is 3.65. The molecule has 0 radical (unpaired) electrons. The molecule has 19 rings (SSSR count). The smallest absolute Gasteiger partial charge is 0.142 e. The van der Waals surface area contributed by atoms with Gasteiger partial charge in [0.15, 0.2) is 0 Å². The first kappa shape index (κ1) is 45.6. The Labute approximate surface area is 481 Å². The summed E-state index contributed by atoms with van der Waals surface area (Å²) in [6, 6.07) is 100. The molecule has 18 aromatic rings. The summed E-state index contributed by atoms with van der Waals surface area (Å²) < 4.78 is 15.0. The summed E-state index contributed by atoms with van der Waals surface area (Å²) in [6.45, 7) is 0. The molecule has 0 fully saturated rings. The van der Waals surface area contributed by atoms with Gasteiger partial charge in [-0.3, -0.25) is 9.13 Å². The third-order valence-corrected chi connectivity index (χ3v) is 18.3. The predicted octanol–water partition coefficient (Wildman–Crippen LogP) is 19.1. The lowest BCUT2D eigenvalue weighted by atomic mass is 9.92. The molecule has 0 N–H and O–H groups in total. The van der Waals surface area contributed by atoms with Crippen LogP contribution in [0.2, 0.25) is 0 Å². The van der Waals surface area contributed by atoms with E-state index in [-0.39, 0.29) is 0 Å². The topological polar surface area (TPSA) is 42.5 Å². The number of aromatic nitrogens is 7. The Morgan fingerprint density at radius 1 is 0.214 bits per heavy atom. The summed E-state index contributed by atoms with van der Waals surface area (Å²) in [7, 11) is 0. The molecule has 0 saturated carbocycles. The van der Waals surface area contributed by atoms with Crippen LogP contribution < -0.4 is 0 Å². The minimum atomic E-state index is 0.818.